The highest BCUT2D eigenvalue weighted by Gasteiger charge is 2.48. The van der Waals surface area contributed by atoms with Crippen LogP contribution in [0.5, 0.6) is 0 Å². The first kappa shape index (κ1) is 32.9. The summed E-state index contributed by atoms with van der Waals surface area (Å²) in [5.41, 5.74) is -0.774. The van der Waals surface area contributed by atoms with E-state index in [1.807, 2.05) is 13.8 Å². The Hall–Kier alpha value is -1.64. The van der Waals surface area contributed by atoms with E-state index in [0.29, 0.717) is 25.8 Å². The van der Waals surface area contributed by atoms with Gasteiger partial charge in [0.05, 0.1) is 12.0 Å². The molecule has 40 heavy (non-hydrogen) atoms. The standard InChI is InChI=1S/C27H47N3O9S/c1-5-6-16-9-12-30(27(36)38-14-37-25(35)17-7-10-28-11-8-17)18(13-16)24(34)29-19(15(2)3)23-21(32)20(31)22(33)26(39-23)40-4/h15-23,26,28,31-33H,5-14H2,1-4H3,(H,29,34)/t16-,18+,19-,20+,21-,22-,23-,26-/m1/s1. The minimum atomic E-state index is -1.43. The van der Waals surface area contributed by atoms with Crippen LogP contribution in [0.4, 0.5) is 4.79 Å². The molecule has 230 valence electrons. The van der Waals surface area contributed by atoms with Crippen LogP contribution in [0.25, 0.3) is 0 Å². The highest BCUT2D eigenvalue weighted by atomic mass is 32.2. The number of aliphatic hydroxyl groups excluding tert-OH is 3. The zero-order valence-electron chi connectivity index (χ0n) is 24.0. The molecule has 0 spiro atoms. The number of hydrogen-bond acceptors (Lipinski definition) is 11. The summed E-state index contributed by atoms with van der Waals surface area (Å²) < 4.78 is 16.4. The number of carbonyl (C=O) groups excluding carboxylic acids is 3. The number of amides is 2. The molecule has 0 aromatic heterocycles. The SMILES string of the molecule is CCC[C@@H]1CCN(C(=O)OCOC(=O)C2CCNCC2)[C@H](C(=O)N[C@H](C(C)C)[C@H]2O[C@H](SC)[C@H](O)[C@@H](O)[C@H]2O)C1. The number of hydrogen-bond donors (Lipinski definition) is 5. The van der Waals surface area contributed by atoms with Gasteiger partial charge in [-0.25, -0.2) is 4.79 Å². The Kier molecular flexibility index (Phi) is 12.8. The maximum Gasteiger partial charge on any atom is 0.413 e. The molecule has 0 aromatic carbocycles. The summed E-state index contributed by atoms with van der Waals surface area (Å²) in [6.45, 7) is 7.06. The van der Waals surface area contributed by atoms with Crippen LogP contribution in [0.15, 0.2) is 0 Å². The van der Waals surface area contributed by atoms with Crippen LogP contribution in [-0.4, -0.2) is 113 Å². The van der Waals surface area contributed by atoms with Gasteiger partial charge < -0.3 is 40.2 Å². The van der Waals surface area contributed by atoms with E-state index in [0.717, 1.165) is 32.4 Å². The minimum Gasteiger partial charge on any atom is -0.428 e. The number of rotatable bonds is 10. The second-order valence-electron chi connectivity index (χ2n) is 11.4. The van der Waals surface area contributed by atoms with Gasteiger partial charge in [-0.3, -0.25) is 14.5 Å². The molecule has 0 aromatic rings. The van der Waals surface area contributed by atoms with Crippen LogP contribution in [0.1, 0.15) is 59.3 Å². The smallest absolute Gasteiger partial charge is 0.413 e. The van der Waals surface area contributed by atoms with Gasteiger partial charge in [0.25, 0.3) is 0 Å². The lowest BCUT2D eigenvalue weighted by molar-refractivity contribution is -0.208. The van der Waals surface area contributed by atoms with Crippen molar-refractivity contribution in [2.24, 2.45) is 17.8 Å². The number of aliphatic hydroxyl groups is 3. The Morgan fingerprint density at radius 1 is 1.07 bits per heavy atom. The van der Waals surface area contributed by atoms with Gasteiger partial charge >= 0.3 is 12.1 Å². The molecule has 5 N–H and O–H groups in total. The molecule has 12 nitrogen and oxygen atoms in total. The third-order valence-electron chi connectivity index (χ3n) is 8.22. The summed E-state index contributed by atoms with van der Waals surface area (Å²) in [6.07, 6.45) is 0.270. The van der Waals surface area contributed by atoms with Crippen LogP contribution in [-0.2, 0) is 23.8 Å². The summed E-state index contributed by atoms with van der Waals surface area (Å²) in [5.74, 6) is -0.987. The fraction of sp³-hybridized carbons (Fsp3) is 0.889. The molecule has 3 saturated heterocycles. The van der Waals surface area contributed by atoms with E-state index >= 15 is 0 Å². The number of likely N-dealkylation sites (tertiary alicyclic amines) is 1. The van der Waals surface area contributed by atoms with E-state index < -0.39 is 66.7 Å². The molecular weight excluding hydrogens is 542 g/mol. The monoisotopic (exact) mass is 589 g/mol. The molecule has 0 radical (unpaired) electrons. The molecule has 13 heteroatoms. The van der Waals surface area contributed by atoms with Crippen LogP contribution >= 0.6 is 11.8 Å². The van der Waals surface area contributed by atoms with Crippen molar-refractivity contribution in [2.75, 3.05) is 32.7 Å². The average Bonchev–Trinajstić information content (AvgIpc) is 2.95. The lowest BCUT2D eigenvalue weighted by Crippen LogP contribution is -2.65. The van der Waals surface area contributed by atoms with Gasteiger partial charge in [0.2, 0.25) is 12.7 Å². The van der Waals surface area contributed by atoms with Crippen LogP contribution in [0.2, 0.25) is 0 Å². The van der Waals surface area contributed by atoms with Crippen LogP contribution in [0.3, 0.4) is 0 Å². The summed E-state index contributed by atoms with van der Waals surface area (Å²) in [7, 11) is 0. The molecular formula is C27H47N3O9S. The Labute approximate surface area is 240 Å². The Morgan fingerprint density at radius 2 is 1.77 bits per heavy atom. The highest BCUT2D eigenvalue weighted by Crippen LogP contribution is 2.32. The van der Waals surface area contributed by atoms with E-state index in [-0.39, 0.29) is 17.8 Å². The van der Waals surface area contributed by atoms with E-state index in [9.17, 15) is 29.7 Å². The Bertz CT molecular complexity index is 842. The molecule has 0 saturated carbocycles. The largest absolute Gasteiger partial charge is 0.428 e. The predicted octanol–water partition coefficient (Wildman–Crippen LogP) is 0.815. The van der Waals surface area contributed by atoms with Crippen molar-refractivity contribution < 1.29 is 43.9 Å². The quantitative estimate of drug-likeness (QED) is 0.181. The van der Waals surface area contributed by atoms with E-state index in [4.69, 9.17) is 14.2 Å². The first-order valence-corrected chi connectivity index (χ1v) is 15.7. The van der Waals surface area contributed by atoms with Gasteiger partial charge in [0.1, 0.15) is 35.9 Å². The number of piperidine rings is 2. The molecule has 3 rings (SSSR count). The number of carbonyl (C=O) groups is 3. The van der Waals surface area contributed by atoms with Gasteiger partial charge in [0, 0.05) is 6.54 Å². The van der Waals surface area contributed by atoms with Crippen LogP contribution < -0.4 is 10.6 Å². The summed E-state index contributed by atoms with van der Waals surface area (Å²) in [5, 5.41) is 37.6. The number of ether oxygens (including phenoxy) is 3. The molecule has 3 aliphatic rings. The van der Waals surface area contributed by atoms with Gasteiger partial charge in [-0.15, -0.1) is 11.8 Å². The van der Waals surface area contributed by atoms with Gasteiger partial charge in [0.15, 0.2) is 0 Å². The fourth-order valence-electron chi connectivity index (χ4n) is 5.83. The minimum absolute atomic E-state index is 0.196. The maximum absolute atomic E-state index is 13.7. The Balaban J connectivity index is 1.68. The van der Waals surface area contributed by atoms with E-state index in [1.54, 1.807) is 6.26 Å². The molecule has 3 aliphatic heterocycles. The maximum atomic E-state index is 13.7. The zero-order chi connectivity index (χ0) is 29.4. The molecule has 0 bridgehead atoms. The first-order valence-electron chi connectivity index (χ1n) is 14.4. The van der Waals surface area contributed by atoms with Gasteiger partial charge in [-0.1, -0.05) is 33.6 Å². The molecule has 2 amide bonds. The topological polar surface area (TPSA) is 167 Å². The normalized spacial score (nSPS) is 32.4. The number of thioether (sulfide) groups is 1. The van der Waals surface area contributed by atoms with Crippen molar-refractivity contribution in [1.82, 2.24) is 15.5 Å². The van der Waals surface area contributed by atoms with Crippen molar-refractivity contribution in [3.63, 3.8) is 0 Å². The average molecular weight is 590 g/mol. The van der Waals surface area contributed by atoms with Crippen molar-refractivity contribution in [2.45, 2.75) is 101 Å². The predicted molar refractivity (Wildman–Crippen MR) is 148 cm³/mol. The summed E-state index contributed by atoms with van der Waals surface area (Å²) in [4.78, 5) is 40.5. The molecule has 8 atom stereocenters. The third-order valence-corrected chi connectivity index (χ3v) is 9.08. The van der Waals surface area contributed by atoms with E-state index in [2.05, 4.69) is 17.6 Å². The lowest BCUT2D eigenvalue weighted by atomic mass is 9.86. The number of nitrogens with one attached hydrogen (secondary N) is 2. The summed E-state index contributed by atoms with van der Waals surface area (Å²) in [6, 6.07) is -1.53. The Morgan fingerprint density at radius 3 is 2.40 bits per heavy atom. The molecule has 3 fully saturated rings. The second-order valence-corrected chi connectivity index (χ2v) is 12.3. The fourth-order valence-corrected chi connectivity index (χ4v) is 6.51. The van der Waals surface area contributed by atoms with Crippen molar-refractivity contribution >= 4 is 29.7 Å². The molecule has 0 aliphatic carbocycles. The number of esters is 1. The second kappa shape index (κ2) is 15.5. The molecule has 0 unspecified atom stereocenters. The van der Waals surface area contributed by atoms with Crippen molar-refractivity contribution in [1.29, 1.82) is 0 Å². The summed E-state index contributed by atoms with van der Waals surface area (Å²) >= 11 is 1.20. The number of nitrogens with zero attached hydrogens (tertiary/aromatic N) is 1. The van der Waals surface area contributed by atoms with Crippen molar-refractivity contribution in [3.05, 3.63) is 0 Å². The molecule has 3 heterocycles. The first-order chi connectivity index (χ1) is 19.1. The van der Waals surface area contributed by atoms with Gasteiger partial charge in [-0.2, -0.15) is 0 Å². The third kappa shape index (κ3) is 8.22. The van der Waals surface area contributed by atoms with Gasteiger partial charge in [-0.05, 0) is 56.9 Å². The van der Waals surface area contributed by atoms with E-state index in [1.165, 1.54) is 16.7 Å². The zero-order valence-corrected chi connectivity index (χ0v) is 24.8. The lowest BCUT2D eigenvalue weighted by Gasteiger charge is -2.45. The van der Waals surface area contributed by atoms with Crippen LogP contribution in [0, 0.1) is 17.8 Å². The highest BCUT2D eigenvalue weighted by molar-refractivity contribution is 7.99. The van der Waals surface area contributed by atoms with Crippen molar-refractivity contribution in [3.8, 4) is 0 Å².